The van der Waals surface area contributed by atoms with E-state index in [-0.39, 0.29) is 15.6 Å². The summed E-state index contributed by atoms with van der Waals surface area (Å²) in [6.45, 7) is 1.81. The zero-order chi connectivity index (χ0) is 14.2. The Bertz CT molecular complexity index is 517. The van der Waals surface area contributed by atoms with Gasteiger partial charge >= 0.3 is 5.69 Å². The Morgan fingerprint density at radius 3 is 2.40 bits per heavy atom. The van der Waals surface area contributed by atoms with Crippen molar-refractivity contribution in [3.05, 3.63) is 33.3 Å². The van der Waals surface area contributed by atoms with Gasteiger partial charge in [0.2, 0.25) is 0 Å². The highest BCUT2D eigenvalue weighted by atomic mass is 35.5. The summed E-state index contributed by atoms with van der Waals surface area (Å²) in [6, 6.07) is 5.20. The van der Waals surface area contributed by atoms with Crippen LogP contribution in [0.5, 0.6) is 0 Å². The monoisotopic (exact) mass is 294 g/mol. The predicted molar refractivity (Wildman–Crippen MR) is 80.5 cm³/mol. The zero-order valence-electron chi connectivity index (χ0n) is 11.5. The van der Waals surface area contributed by atoms with Crippen molar-refractivity contribution in [2.75, 3.05) is 18.0 Å². The fourth-order valence-corrected chi connectivity index (χ4v) is 4.03. The number of nitro groups is 1. The average Bonchev–Trinajstić information content (AvgIpc) is 2.87. The van der Waals surface area contributed by atoms with E-state index in [4.69, 9.17) is 11.6 Å². The van der Waals surface area contributed by atoms with Crippen molar-refractivity contribution in [3.8, 4) is 0 Å². The number of anilines is 1. The number of hydrogen-bond acceptors (Lipinski definition) is 3. The molecular formula is C15H19ClN2O2. The van der Waals surface area contributed by atoms with E-state index in [1.54, 1.807) is 12.1 Å². The molecule has 2 fully saturated rings. The summed E-state index contributed by atoms with van der Waals surface area (Å²) in [5.41, 5.74) is 1.25. The molecule has 5 heteroatoms. The summed E-state index contributed by atoms with van der Waals surface area (Å²) < 4.78 is 0. The maximum Gasteiger partial charge on any atom is 0.310 e. The van der Waals surface area contributed by atoms with Crippen LogP contribution in [0.15, 0.2) is 18.2 Å². The predicted octanol–water partition coefficient (Wildman–Crippen LogP) is 4.41. The van der Waals surface area contributed by atoms with Gasteiger partial charge in [-0.05, 0) is 43.2 Å². The molecule has 1 aromatic carbocycles. The average molecular weight is 295 g/mol. The lowest BCUT2D eigenvalue weighted by molar-refractivity contribution is -0.384. The lowest BCUT2D eigenvalue weighted by Crippen LogP contribution is -2.39. The fraction of sp³-hybridized carbons (Fsp3) is 0.600. The van der Waals surface area contributed by atoms with Crippen LogP contribution in [-0.4, -0.2) is 18.0 Å². The summed E-state index contributed by atoms with van der Waals surface area (Å²) in [5.74, 6) is 0. The molecule has 0 amide bonds. The number of benzene rings is 1. The SMILES string of the molecule is O=[N+]([O-])c1c(Cl)cccc1N1CCC2(CCCC2)CC1. The Hall–Kier alpha value is -1.29. The van der Waals surface area contributed by atoms with E-state index in [2.05, 4.69) is 4.90 Å². The first kappa shape index (κ1) is 13.7. The van der Waals surface area contributed by atoms with Crippen LogP contribution < -0.4 is 4.90 Å². The lowest BCUT2D eigenvalue weighted by atomic mass is 9.77. The van der Waals surface area contributed by atoms with E-state index in [1.165, 1.54) is 25.7 Å². The van der Waals surface area contributed by atoms with Gasteiger partial charge in [0.25, 0.3) is 0 Å². The van der Waals surface area contributed by atoms with Crippen LogP contribution >= 0.6 is 11.6 Å². The minimum Gasteiger partial charge on any atom is -0.366 e. The van der Waals surface area contributed by atoms with Gasteiger partial charge in [0.1, 0.15) is 10.7 Å². The number of para-hydroxylation sites is 1. The fourth-order valence-electron chi connectivity index (χ4n) is 3.79. The Morgan fingerprint density at radius 2 is 1.80 bits per heavy atom. The maximum atomic E-state index is 11.2. The van der Waals surface area contributed by atoms with Crippen LogP contribution in [-0.2, 0) is 0 Å². The van der Waals surface area contributed by atoms with E-state index in [1.807, 2.05) is 6.07 Å². The van der Waals surface area contributed by atoms with Gasteiger partial charge < -0.3 is 4.90 Å². The summed E-state index contributed by atoms with van der Waals surface area (Å²) in [5, 5.41) is 11.5. The van der Waals surface area contributed by atoms with Gasteiger partial charge in [0, 0.05) is 13.1 Å². The quantitative estimate of drug-likeness (QED) is 0.599. The standard InChI is InChI=1S/C15H19ClN2O2/c16-12-4-3-5-13(14(12)18(19)20)17-10-8-15(9-11-17)6-1-2-7-15/h3-5H,1-2,6-11H2. The number of piperidine rings is 1. The molecule has 20 heavy (non-hydrogen) atoms. The highest BCUT2D eigenvalue weighted by molar-refractivity contribution is 6.33. The van der Waals surface area contributed by atoms with E-state index in [0.717, 1.165) is 25.9 Å². The van der Waals surface area contributed by atoms with Crippen LogP contribution in [0.1, 0.15) is 38.5 Å². The van der Waals surface area contributed by atoms with E-state index in [0.29, 0.717) is 11.1 Å². The van der Waals surface area contributed by atoms with Crippen molar-refractivity contribution < 1.29 is 4.92 Å². The number of nitrogens with zero attached hydrogens (tertiary/aromatic N) is 2. The second-order valence-corrected chi connectivity index (χ2v) is 6.47. The topological polar surface area (TPSA) is 46.4 Å². The molecule has 1 heterocycles. The summed E-state index contributed by atoms with van der Waals surface area (Å²) in [7, 11) is 0. The molecule has 1 saturated heterocycles. The Morgan fingerprint density at radius 1 is 1.15 bits per heavy atom. The van der Waals surface area contributed by atoms with Crippen LogP contribution in [0.2, 0.25) is 5.02 Å². The van der Waals surface area contributed by atoms with Gasteiger partial charge in [0.05, 0.1) is 4.92 Å². The first-order valence-electron chi connectivity index (χ1n) is 7.29. The molecule has 0 atom stereocenters. The summed E-state index contributed by atoms with van der Waals surface area (Å²) in [4.78, 5) is 13.0. The van der Waals surface area contributed by atoms with Crippen LogP contribution in [0, 0.1) is 15.5 Å². The van der Waals surface area contributed by atoms with E-state index in [9.17, 15) is 10.1 Å². The Balaban J connectivity index is 1.81. The summed E-state index contributed by atoms with van der Waals surface area (Å²) in [6.07, 6.45) is 7.65. The molecule has 0 aromatic heterocycles. The van der Waals surface area contributed by atoms with Gasteiger partial charge in [-0.25, -0.2) is 0 Å². The van der Waals surface area contributed by atoms with Crippen molar-refractivity contribution in [1.29, 1.82) is 0 Å². The molecule has 4 nitrogen and oxygen atoms in total. The largest absolute Gasteiger partial charge is 0.366 e. The number of hydrogen-bond donors (Lipinski definition) is 0. The third-order valence-corrected chi connectivity index (χ3v) is 5.28. The van der Waals surface area contributed by atoms with Crippen molar-refractivity contribution >= 4 is 23.0 Å². The van der Waals surface area contributed by atoms with Gasteiger partial charge in [-0.15, -0.1) is 0 Å². The molecule has 0 radical (unpaired) electrons. The first-order chi connectivity index (χ1) is 9.61. The van der Waals surface area contributed by atoms with Gasteiger partial charge in [-0.1, -0.05) is 30.5 Å². The smallest absolute Gasteiger partial charge is 0.310 e. The highest BCUT2D eigenvalue weighted by Crippen LogP contribution is 2.47. The minimum absolute atomic E-state index is 0.0524. The van der Waals surface area contributed by atoms with Crippen molar-refractivity contribution in [1.82, 2.24) is 0 Å². The molecule has 1 spiro atoms. The van der Waals surface area contributed by atoms with Crippen LogP contribution in [0.25, 0.3) is 0 Å². The van der Waals surface area contributed by atoms with Crippen molar-refractivity contribution in [2.24, 2.45) is 5.41 Å². The Kier molecular flexibility index (Phi) is 3.59. The number of rotatable bonds is 2. The van der Waals surface area contributed by atoms with Gasteiger partial charge in [0.15, 0.2) is 0 Å². The molecule has 1 saturated carbocycles. The third kappa shape index (κ3) is 2.37. The molecule has 0 bridgehead atoms. The molecule has 108 valence electrons. The normalized spacial score (nSPS) is 21.4. The maximum absolute atomic E-state index is 11.2. The second-order valence-electron chi connectivity index (χ2n) is 6.06. The van der Waals surface area contributed by atoms with Crippen molar-refractivity contribution in [3.63, 3.8) is 0 Å². The van der Waals surface area contributed by atoms with Crippen LogP contribution in [0.4, 0.5) is 11.4 Å². The molecule has 3 rings (SSSR count). The van der Waals surface area contributed by atoms with E-state index >= 15 is 0 Å². The number of halogens is 1. The molecule has 2 aliphatic rings. The molecule has 0 unspecified atom stereocenters. The van der Waals surface area contributed by atoms with Crippen LogP contribution in [0.3, 0.4) is 0 Å². The minimum atomic E-state index is -0.363. The zero-order valence-corrected chi connectivity index (χ0v) is 12.2. The Labute approximate surface area is 123 Å². The van der Waals surface area contributed by atoms with E-state index < -0.39 is 0 Å². The van der Waals surface area contributed by atoms with Crippen molar-refractivity contribution in [2.45, 2.75) is 38.5 Å². The first-order valence-corrected chi connectivity index (χ1v) is 7.67. The molecule has 0 N–H and O–H groups in total. The number of nitro benzene ring substituents is 1. The second kappa shape index (κ2) is 5.24. The van der Waals surface area contributed by atoms with Gasteiger partial charge in [-0.3, -0.25) is 10.1 Å². The molecule has 1 aromatic rings. The third-order valence-electron chi connectivity index (χ3n) is 4.98. The molecular weight excluding hydrogens is 276 g/mol. The highest BCUT2D eigenvalue weighted by Gasteiger charge is 2.38. The van der Waals surface area contributed by atoms with Gasteiger partial charge in [-0.2, -0.15) is 0 Å². The summed E-state index contributed by atoms with van der Waals surface area (Å²) >= 11 is 6.00. The lowest BCUT2D eigenvalue weighted by Gasteiger charge is -2.40. The molecule has 1 aliphatic heterocycles. The molecule has 1 aliphatic carbocycles.